The maximum Gasteiger partial charge on any atom is 0.308 e. The zero-order valence-corrected chi connectivity index (χ0v) is 9.28. The van der Waals surface area contributed by atoms with Gasteiger partial charge >= 0.3 is 5.97 Å². The summed E-state index contributed by atoms with van der Waals surface area (Å²) in [6.45, 7) is 0. The number of pyridine rings is 1. The van der Waals surface area contributed by atoms with Crippen molar-refractivity contribution in [3.8, 4) is 5.75 Å². The molecule has 0 aliphatic heterocycles. The van der Waals surface area contributed by atoms with E-state index in [2.05, 4.69) is 4.98 Å². The van der Waals surface area contributed by atoms with Gasteiger partial charge < -0.3 is 15.2 Å². The van der Waals surface area contributed by atoms with E-state index in [1.165, 1.54) is 12.1 Å². The molecule has 0 unspecified atom stereocenters. The molecule has 0 radical (unpaired) electrons. The maximum atomic E-state index is 11.6. The van der Waals surface area contributed by atoms with Gasteiger partial charge in [-0.05, 0) is 18.2 Å². The van der Waals surface area contributed by atoms with Crippen molar-refractivity contribution in [2.24, 2.45) is 0 Å². The number of carboxylic acid groups (broad SMARTS) is 1. The third-order valence-corrected chi connectivity index (χ3v) is 2.61. The number of aromatic nitrogens is 1. The normalized spacial score (nSPS) is 10.6. The van der Waals surface area contributed by atoms with E-state index in [1.807, 2.05) is 0 Å². The van der Waals surface area contributed by atoms with Crippen molar-refractivity contribution in [2.75, 3.05) is 0 Å². The summed E-state index contributed by atoms with van der Waals surface area (Å²) in [7, 11) is 0. The minimum Gasteiger partial charge on any atom is -0.507 e. The molecule has 1 heterocycles. The zero-order chi connectivity index (χ0) is 12.6. The van der Waals surface area contributed by atoms with Crippen molar-refractivity contribution in [1.29, 1.82) is 0 Å². The third-order valence-electron chi connectivity index (χ3n) is 2.37. The first-order valence-corrected chi connectivity index (χ1v) is 5.12. The van der Waals surface area contributed by atoms with E-state index in [-0.39, 0.29) is 11.3 Å². The molecule has 1 aromatic carbocycles. The summed E-state index contributed by atoms with van der Waals surface area (Å²) in [5.74, 6) is -1.50. The molecule has 6 heteroatoms. The summed E-state index contributed by atoms with van der Waals surface area (Å²) in [6.07, 6.45) is -0.528. The summed E-state index contributed by atoms with van der Waals surface area (Å²) in [5.41, 5.74) is -0.416. The SMILES string of the molecule is O=C(O)Cc1c(O)c2ccc(Cl)cc2[nH]c1=O. The standard InChI is InChI=1S/C11H8ClNO4/c12-5-1-2-6-8(3-5)13-11(17)7(10(6)16)4-9(14)15/h1-3H,4H2,(H,14,15)(H2,13,16,17). The quantitative estimate of drug-likeness (QED) is 0.757. The molecule has 0 atom stereocenters. The Hall–Kier alpha value is -2.01. The van der Waals surface area contributed by atoms with Crippen LogP contribution < -0.4 is 5.56 Å². The number of carbonyl (C=O) groups is 1. The molecule has 5 nitrogen and oxygen atoms in total. The number of aliphatic carboxylic acids is 1. The maximum absolute atomic E-state index is 11.6. The number of carboxylic acids is 1. The smallest absolute Gasteiger partial charge is 0.308 e. The number of H-pyrrole nitrogens is 1. The van der Waals surface area contributed by atoms with Crippen LogP contribution in [0.2, 0.25) is 5.02 Å². The molecule has 17 heavy (non-hydrogen) atoms. The number of hydrogen-bond acceptors (Lipinski definition) is 3. The van der Waals surface area contributed by atoms with Crippen molar-refractivity contribution in [1.82, 2.24) is 4.98 Å². The van der Waals surface area contributed by atoms with Crippen LogP contribution in [0.1, 0.15) is 5.56 Å². The average molecular weight is 254 g/mol. The Morgan fingerprint density at radius 2 is 2.12 bits per heavy atom. The van der Waals surface area contributed by atoms with E-state index in [9.17, 15) is 14.7 Å². The number of nitrogens with one attached hydrogen (secondary N) is 1. The number of halogens is 1. The zero-order valence-electron chi connectivity index (χ0n) is 8.53. The van der Waals surface area contributed by atoms with Crippen LogP contribution in [0.4, 0.5) is 0 Å². The first kappa shape index (κ1) is 11.5. The first-order chi connectivity index (χ1) is 7.99. The Morgan fingerprint density at radius 1 is 1.41 bits per heavy atom. The Kier molecular flexibility index (Phi) is 2.77. The van der Waals surface area contributed by atoms with E-state index in [0.717, 1.165) is 0 Å². The highest BCUT2D eigenvalue weighted by atomic mass is 35.5. The van der Waals surface area contributed by atoms with Gasteiger partial charge in [0.05, 0.1) is 17.5 Å². The van der Waals surface area contributed by atoms with Crippen LogP contribution in [0.25, 0.3) is 10.9 Å². The molecule has 2 rings (SSSR count). The molecule has 0 aliphatic rings. The molecule has 0 spiro atoms. The van der Waals surface area contributed by atoms with E-state index in [0.29, 0.717) is 15.9 Å². The molecule has 0 saturated heterocycles. The second-order valence-corrected chi connectivity index (χ2v) is 3.98. The summed E-state index contributed by atoms with van der Waals surface area (Å²) in [6, 6.07) is 4.56. The molecule has 0 amide bonds. The fourth-order valence-electron chi connectivity index (χ4n) is 1.61. The van der Waals surface area contributed by atoms with Gasteiger partial charge in [0, 0.05) is 10.4 Å². The van der Waals surface area contributed by atoms with Crippen LogP contribution in [-0.4, -0.2) is 21.2 Å². The van der Waals surface area contributed by atoms with Gasteiger partial charge in [-0.2, -0.15) is 0 Å². The van der Waals surface area contributed by atoms with Crippen molar-refractivity contribution < 1.29 is 15.0 Å². The molecule has 3 N–H and O–H groups in total. The predicted octanol–water partition coefficient (Wildman–Crippen LogP) is 1.51. The van der Waals surface area contributed by atoms with Gasteiger partial charge in [-0.1, -0.05) is 11.6 Å². The van der Waals surface area contributed by atoms with E-state index in [1.54, 1.807) is 6.07 Å². The average Bonchev–Trinajstić information content (AvgIpc) is 2.23. The predicted molar refractivity (Wildman–Crippen MR) is 62.6 cm³/mol. The molecular formula is C11H8ClNO4. The summed E-state index contributed by atoms with van der Waals surface area (Å²) >= 11 is 5.75. The highest BCUT2D eigenvalue weighted by Gasteiger charge is 2.14. The largest absolute Gasteiger partial charge is 0.507 e. The number of aromatic hydroxyl groups is 1. The van der Waals surface area contributed by atoms with Gasteiger partial charge in [-0.25, -0.2) is 0 Å². The van der Waals surface area contributed by atoms with Crippen LogP contribution in [0, 0.1) is 0 Å². The van der Waals surface area contributed by atoms with Crippen molar-refractivity contribution in [3.05, 3.63) is 39.1 Å². The Morgan fingerprint density at radius 3 is 2.76 bits per heavy atom. The van der Waals surface area contributed by atoms with E-state index >= 15 is 0 Å². The lowest BCUT2D eigenvalue weighted by Crippen LogP contribution is -2.16. The molecule has 0 aliphatic carbocycles. The molecule has 2 aromatic rings. The third kappa shape index (κ3) is 2.09. The summed E-state index contributed by atoms with van der Waals surface area (Å²) in [4.78, 5) is 24.6. The second kappa shape index (κ2) is 4.10. The van der Waals surface area contributed by atoms with Gasteiger partial charge in [0.2, 0.25) is 0 Å². The number of fused-ring (bicyclic) bond motifs is 1. The summed E-state index contributed by atoms with van der Waals surface area (Å²) in [5, 5.41) is 19.3. The Bertz CT molecular complexity index is 662. The van der Waals surface area contributed by atoms with Gasteiger partial charge in [0.15, 0.2) is 0 Å². The van der Waals surface area contributed by atoms with E-state index < -0.39 is 17.9 Å². The topological polar surface area (TPSA) is 90.4 Å². The van der Waals surface area contributed by atoms with Gasteiger partial charge in [-0.3, -0.25) is 9.59 Å². The lowest BCUT2D eigenvalue weighted by molar-refractivity contribution is -0.136. The van der Waals surface area contributed by atoms with Crippen LogP contribution in [0.15, 0.2) is 23.0 Å². The highest BCUT2D eigenvalue weighted by Crippen LogP contribution is 2.27. The fraction of sp³-hybridized carbons (Fsp3) is 0.0909. The number of benzene rings is 1. The number of aromatic amines is 1. The van der Waals surface area contributed by atoms with Crippen LogP contribution in [0.5, 0.6) is 5.75 Å². The number of rotatable bonds is 2. The minimum absolute atomic E-state index is 0.160. The van der Waals surface area contributed by atoms with E-state index in [4.69, 9.17) is 16.7 Å². The minimum atomic E-state index is -1.18. The Balaban J connectivity index is 2.76. The Labute approximate surface area is 100 Å². The second-order valence-electron chi connectivity index (χ2n) is 3.54. The fourth-order valence-corrected chi connectivity index (χ4v) is 1.78. The molecule has 1 aromatic heterocycles. The van der Waals surface area contributed by atoms with Crippen LogP contribution >= 0.6 is 11.6 Å². The number of hydrogen-bond donors (Lipinski definition) is 3. The van der Waals surface area contributed by atoms with Crippen LogP contribution in [-0.2, 0) is 11.2 Å². The molecular weight excluding hydrogens is 246 g/mol. The van der Waals surface area contributed by atoms with Gasteiger partial charge in [0.1, 0.15) is 5.75 Å². The summed E-state index contributed by atoms with van der Waals surface area (Å²) < 4.78 is 0. The van der Waals surface area contributed by atoms with Crippen LogP contribution in [0.3, 0.4) is 0 Å². The molecule has 0 fully saturated rings. The molecule has 0 saturated carbocycles. The highest BCUT2D eigenvalue weighted by molar-refractivity contribution is 6.31. The van der Waals surface area contributed by atoms with Gasteiger partial charge in [0.25, 0.3) is 5.56 Å². The van der Waals surface area contributed by atoms with Crippen molar-refractivity contribution in [3.63, 3.8) is 0 Å². The molecule has 88 valence electrons. The lowest BCUT2D eigenvalue weighted by atomic mass is 10.1. The van der Waals surface area contributed by atoms with Crippen molar-refractivity contribution >= 4 is 28.5 Å². The molecule has 0 bridgehead atoms. The van der Waals surface area contributed by atoms with Crippen molar-refractivity contribution in [2.45, 2.75) is 6.42 Å². The first-order valence-electron chi connectivity index (χ1n) is 4.74. The monoisotopic (exact) mass is 253 g/mol. The lowest BCUT2D eigenvalue weighted by Gasteiger charge is -2.05. The van der Waals surface area contributed by atoms with Gasteiger partial charge in [-0.15, -0.1) is 0 Å².